The lowest BCUT2D eigenvalue weighted by molar-refractivity contribution is -0.117. The molecule has 1 aromatic heterocycles. The van der Waals surface area contributed by atoms with Gasteiger partial charge in [-0.25, -0.2) is 9.78 Å². The number of hydrogen-bond acceptors (Lipinski definition) is 6. The molecular weight excluding hydrogens is 436 g/mol. The maximum atomic E-state index is 12.4. The maximum absolute atomic E-state index is 12.4. The molecule has 33 heavy (non-hydrogen) atoms. The molecule has 2 amide bonds. The van der Waals surface area contributed by atoms with Gasteiger partial charge in [0, 0.05) is 41.8 Å². The Morgan fingerprint density at radius 1 is 1.24 bits per heavy atom. The zero-order chi connectivity index (χ0) is 23.5. The summed E-state index contributed by atoms with van der Waals surface area (Å²) in [5.41, 5.74) is 2.77. The second-order valence-corrected chi connectivity index (χ2v) is 10.5. The van der Waals surface area contributed by atoms with Gasteiger partial charge in [-0.3, -0.25) is 9.69 Å². The van der Waals surface area contributed by atoms with Crippen LogP contribution in [0.15, 0.2) is 24.4 Å². The van der Waals surface area contributed by atoms with Crippen molar-refractivity contribution >= 4 is 29.0 Å². The lowest BCUT2D eigenvalue weighted by atomic mass is 9.90. The molecule has 0 bridgehead atoms. The first-order valence-electron chi connectivity index (χ1n) is 11.9. The zero-order valence-corrected chi connectivity index (χ0v) is 20.8. The monoisotopic (exact) mass is 470 g/mol. The molecular formula is C25H34N4O3S. The molecule has 1 fully saturated rings. The summed E-state index contributed by atoms with van der Waals surface area (Å²) in [5, 5.41) is 3.97. The predicted octanol–water partition coefficient (Wildman–Crippen LogP) is 5.12. The number of amides is 2. The molecule has 1 saturated heterocycles. The topological polar surface area (TPSA) is 74.8 Å². The zero-order valence-electron chi connectivity index (χ0n) is 20.0. The van der Waals surface area contributed by atoms with E-state index >= 15 is 0 Å². The van der Waals surface area contributed by atoms with Gasteiger partial charge in [0.15, 0.2) is 0 Å². The number of thiazole rings is 1. The van der Waals surface area contributed by atoms with Crippen LogP contribution < -0.4 is 10.2 Å². The summed E-state index contributed by atoms with van der Waals surface area (Å²) in [6.45, 7) is 10.5. The number of fused-ring (bicyclic) bond motifs is 1. The van der Waals surface area contributed by atoms with E-state index in [0.717, 1.165) is 41.5 Å². The molecule has 1 N–H and O–H groups in total. The van der Waals surface area contributed by atoms with Crippen molar-refractivity contribution in [1.82, 2.24) is 15.2 Å². The number of nitrogens with zero attached hydrogens (tertiary/aromatic N) is 3. The third kappa shape index (κ3) is 5.55. The molecule has 0 spiro atoms. The lowest BCUT2D eigenvalue weighted by Crippen LogP contribution is -2.45. The fourth-order valence-corrected chi connectivity index (χ4v) is 5.81. The second kappa shape index (κ2) is 10.2. The highest BCUT2D eigenvalue weighted by atomic mass is 32.1. The van der Waals surface area contributed by atoms with Crippen LogP contribution in [0.3, 0.4) is 0 Å². The number of nitrogens with one attached hydrogen (secondary N) is 1. The Labute approximate surface area is 200 Å². The predicted molar refractivity (Wildman–Crippen MR) is 131 cm³/mol. The van der Waals surface area contributed by atoms with Crippen molar-refractivity contribution in [2.45, 2.75) is 78.1 Å². The summed E-state index contributed by atoms with van der Waals surface area (Å²) < 4.78 is 5.32. The van der Waals surface area contributed by atoms with Crippen molar-refractivity contribution < 1.29 is 14.3 Å². The Kier molecular flexibility index (Phi) is 7.34. The van der Waals surface area contributed by atoms with E-state index in [4.69, 9.17) is 9.72 Å². The van der Waals surface area contributed by atoms with Crippen molar-refractivity contribution in [1.29, 1.82) is 0 Å². The number of likely N-dealkylation sites (tertiary alicyclic amines) is 1. The van der Waals surface area contributed by atoms with Gasteiger partial charge in [0.1, 0.15) is 5.01 Å². The van der Waals surface area contributed by atoms with Gasteiger partial charge in [-0.2, -0.15) is 0 Å². The van der Waals surface area contributed by atoms with Crippen LogP contribution in [0, 0.1) is 0 Å². The summed E-state index contributed by atoms with van der Waals surface area (Å²) in [5.74, 6) is -0.00206. The first-order chi connectivity index (χ1) is 15.8. The first-order valence-corrected chi connectivity index (χ1v) is 12.7. The van der Waals surface area contributed by atoms with Crippen molar-refractivity contribution in [2.24, 2.45) is 0 Å². The molecule has 2 unspecified atom stereocenters. The molecule has 2 aliphatic rings. The van der Waals surface area contributed by atoms with E-state index in [9.17, 15) is 9.59 Å². The van der Waals surface area contributed by atoms with Crippen LogP contribution in [0.1, 0.15) is 69.9 Å². The summed E-state index contributed by atoms with van der Waals surface area (Å²) in [4.78, 5) is 35.0. The largest absolute Gasteiger partial charge is 0.447 e. The Morgan fingerprint density at radius 3 is 2.70 bits per heavy atom. The number of carbonyl (C=O) groups excluding carboxylic acids is 2. The molecule has 178 valence electrons. The number of hydrogen-bond donors (Lipinski definition) is 1. The number of rotatable bonds is 5. The smallest absolute Gasteiger partial charge is 0.407 e. The van der Waals surface area contributed by atoms with Gasteiger partial charge >= 0.3 is 6.09 Å². The Bertz CT molecular complexity index is 999. The fourth-order valence-electron chi connectivity index (χ4n) is 4.86. The maximum Gasteiger partial charge on any atom is 0.407 e. The summed E-state index contributed by atoms with van der Waals surface area (Å²) in [6, 6.07) is 5.82. The average Bonchev–Trinajstić information content (AvgIpc) is 3.22. The molecule has 2 aliphatic heterocycles. The average molecular weight is 471 g/mol. The number of piperidine rings is 1. The quantitative estimate of drug-likeness (QED) is 0.657. The highest BCUT2D eigenvalue weighted by molar-refractivity contribution is 7.15. The third-order valence-electron chi connectivity index (χ3n) is 6.28. The molecule has 3 heterocycles. The molecule has 2 atom stereocenters. The summed E-state index contributed by atoms with van der Waals surface area (Å²) in [6.07, 6.45) is 5.85. The van der Waals surface area contributed by atoms with E-state index in [0.29, 0.717) is 6.42 Å². The van der Waals surface area contributed by atoms with Crippen LogP contribution in [0.2, 0.25) is 0 Å². The number of carbonyl (C=O) groups is 2. The van der Waals surface area contributed by atoms with Crippen LogP contribution >= 0.6 is 11.3 Å². The Morgan fingerprint density at radius 2 is 2.00 bits per heavy atom. The number of ether oxygens (including phenoxy) is 1. The second-order valence-electron chi connectivity index (χ2n) is 9.37. The SMILES string of the molecule is CC(=O)N1c2ccc(-c3ncc(CN4CCCCC4)s3)cc2C(NC(=O)OC(C)C)CC1C. The van der Waals surface area contributed by atoms with Crippen LogP contribution in [0.5, 0.6) is 0 Å². The van der Waals surface area contributed by atoms with Gasteiger partial charge in [0.2, 0.25) is 5.91 Å². The van der Waals surface area contributed by atoms with Gasteiger partial charge in [0.05, 0.1) is 12.1 Å². The Hall–Kier alpha value is -2.45. The van der Waals surface area contributed by atoms with E-state index in [1.807, 2.05) is 44.0 Å². The molecule has 7 nitrogen and oxygen atoms in total. The molecule has 1 aromatic carbocycles. The van der Waals surface area contributed by atoms with E-state index in [1.54, 1.807) is 18.3 Å². The van der Waals surface area contributed by atoms with Gasteiger partial charge in [-0.1, -0.05) is 6.42 Å². The summed E-state index contributed by atoms with van der Waals surface area (Å²) >= 11 is 1.72. The van der Waals surface area contributed by atoms with Gasteiger partial charge in [-0.05, 0) is 76.9 Å². The van der Waals surface area contributed by atoms with E-state index < -0.39 is 6.09 Å². The van der Waals surface area contributed by atoms with E-state index in [1.165, 1.54) is 24.1 Å². The molecule has 0 aliphatic carbocycles. The van der Waals surface area contributed by atoms with Crippen molar-refractivity contribution in [3.8, 4) is 10.6 Å². The summed E-state index contributed by atoms with van der Waals surface area (Å²) in [7, 11) is 0. The van der Waals surface area contributed by atoms with Crippen molar-refractivity contribution in [3.05, 3.63) is 34.8 Å². The first kappa shape index (κ1) is 23.7. The van der Waals surface area contributed by atoms with Crippen LogP contribution in [-0.2, 0) is 16.1 Å². The van der Waals surface area contributed by atoms with Gasteiger partial charge in [0.25, 0.3) is 0 Å². The van der Waals surface area contributed by atoms with Crippen molar-refractivity contribution in [3.63, 3.8) is 0 Å². The van der Waals surface area contributed by atoms with Gasteiger partial charge in [-0.15, -0.1) is 11.3 Å². The van der Waals surface area contributed by atoms with Crippen LogP contribution in [0.25, 0.3) is 10.6 Å². The van der Waals surface area contributed by atoms with E-state index in [2.05, 4.69) is 16.3 Å². The number of aromatic nitrogens is 1. The van der Waals surface area contributed by atoms with Crippen LogP contribution in [-0.4, -0.2) is 47.1 Å². The number of alkyl carbamates (subject to hydrolysis) is 1. The standard InChI is InChI=1S/C25H34N4O3S/c1-16(2)32-25(31)27-22-12-17(3)29(18(4)30)23-9-8-19(13-21(22)23)24-26-14-20(33-24)15-28-10-6-5-7-11-28/h8-9,13-14,16-17,22H,5-7,10-12,15H2,1-4H3,(H,27,31). The molecule has 0 saturated carbocycles. The normalized spacial score (nSPS) is 21.1. The fraction of sp³-hybridized carbons (Fsp3) is 0.560. The molecule has 8 heteroatoms. The molecule has 2 aromatic rings. The minimum atomic E-state index is -0.437. The van der Waals surface area contributed by atoms with E-state index in [-0.39, 0.29) is 24.1 Å². The molecule has 4 rings (SSSR count). The highest BCUT2D eigenvalue weighted by Crippen LogP contribution is 2.40. The number of benzene rings is 1. The minimum absolute atomic E-state index is 0.00206. The Balaban J connectivity index is 1.61. The highest BCUT2D eigenvalue weighted by Gasteiger charge is 2.34. The van der Waals surface area contributed by atoms with Crippen molar-refractivity contribution in [2.75, 3.05) is 18.0 Å². The minimum Gasteiger partial charge on any atom is -0.447 e. The molecule has 0 radical (unpaired) electrons. The number of anilines is 1. The van der Waals surface area contributed by atoms with Gasteiger partial charge < -0.3 is 15.0 Å². The van der Waals surface area contributed by atoms with Crippen LogP contribution in [0.4, 0.5) is 10.5 Å². The third-order valence-corrected chi connectivity index (χ3v) is 7.31. The lowest BCUT2D eigenvalue weighted by Gasteiger charge is -2.39.